The molecule has 0 aliphatic heterocycles. The van der Waals surface area contributed by atoms with Crippen molar-refractivity contribution in [2.24, 2.45) is 0 Å². The van der Waals surface area contributed by atoms with Gasteiger partial charge in [-0.05, 0) is 18.6 Å². The van der Waals surface area contributed by atoms with Gasteiger partial charge in [-0.25, -0.2) is 9.97 Å². The van der Waals surface area contributed by atoms with E-state index in [2.05, 4.69) is 53.5 Å². The van der Waals surface area contributed by atoms with E-state index >= 15 is 0 Å². The van der Waals surface area contributed by atoms with Gasteiger partial charge in [0.2, 0.25) is 0 Å². The fourth-order valence-electron chi connectivity index (χ4n) is 1.83. The topological polar surface area (TPSA) is 49.8 Å². The number of aryl methyl sites for hydroxylation is 1. The van der Waals surface area contributed by atoms with E-state index in [1.165, 1.54) is 9.75 Å². The molecule has 0 bridgehead atoms. The van der Waals surface area contributed by atoms with Crippen LogP contribution in [0.5, 0.6) is 0 Å². The molecule has 0 aliphatic rings. The predicted molar refractivity (Wildman–Crippen MR) is 86.7 cm³/mol. The van der Waals surface area contributed by atoms with Gasteiger partial charge in [0, 0.05) is 28.8 Å². The summed E-state index contributed by atoms with van der Waals surface area (Å²) in [6.07, 6.45) is 1.10. The molecular weight excluding hydrogens is 268 g/mol. The molecule has 2 aromatic rings. The number of anilines is 2. The summed E-state index contributed by atoms with van der Waals surface area (Å²) in [6, 6.07) is 6.32. The number of aromatic nitrogens is 2. The predicted octanol–water partition coefficient (Wildman–Crippen LogP) is 3.88. The maximum absolute atomic E-state index is 4.57. The van der Waals surface area contributed by atoms with Crippen LogP contribution >= 0.6 is 11.3 Å². The fraction of sp³-hybridized carbons (Fsp3) is 0.467. The van der Waals surface area contributed by atoms with E-state index in [4.69, 9.17) is 0 Å². The summed E-state index contributed by atoms with van der Waals surface area (Å²) in [5.74, 6) is 2.91. The Bertz CT molecular complexity index is 563. The number of thiophene rings is 1. The Hall–Kier alpha value is -1.62. The smallest absolute Gasteiger partial charge is 0.135 e. The van der Waals surface area contributed by atoms with Crippen LogP contribution < -0.4 is 10.6 Å². The summed E-state index contributed by atoms with van der Waals surface area (Å²) in [4.78, 5) is 11.8. The van der Waals surface area contributed by atoms with Crippen LogP contribution in [0.25, 0.3) is 0 Å². The lowest BCUT2D eigenvalue weighted by Gasteiger charge is -2.11. The van der Waals surface area contributed by atoms with Gasteiger partial charge in [-0.15, -0.1) is 11.3 Å². The SMILES string of the molecule is CCc1ccc(CNc2cc(NC)nc(C(C)C)n2)s1. The highest BCUT2D eigenvalue weighted by Gasteiger charge is 2.07. The molecule has 20 heavy (non-hydrogen) atoms. The average molecular weight is 290 g/mol. The van der Waals surface area contributed by atoms with E-state index in [1.54, 1.807) is 0 Å². The number of hydrogen-bond donors (Lipinski definition) is 2. The van der Waals surface area contributed by atoms with Crippen molar-refractivity contribution < 1.29 is 0 Å². The molecule has 0 aromatic carbocycles. The molecule has 2 heterocycles. The number of rotatable bonds is 6. The number of hydrogen-bond acceptors (Lipinski definition) is 5. The van der Waals surface area contributed by atoms with Gasteiger partial charge in [-0.3, -0.25) is 0 Å². The Morgan fingerprint density at radius 3 is 2.45 bits per heavy atom. The summed E-state index contributed by atoms with van der Waals surface area (Å²) >= 11 is 1.85. The van der Waals surface area contributed by atoms with Gasteiger partial charge < -0.3 is 10.6 Å². The van der Waals surface area contributed by atoms with Crippen LogP contribution in [-0.2, 0) is 13.0 Å². The van der Waals surface area contributed by atoms with Crippen LogP contribution in [0, 0.1) is 0 Å². The quantitative estimate of drug-likeness (QED) is 0.847. The van der Waals surface area contributed by atoms with Crippen molar-refractivity contribution in [3.05, 3.63) is 33.8 Å². The standard InChI is InChI=1S/C15H22N4S/c1-5-11-6-7-12(20-11)9-17-14-8-13(16-4)18-15(19-14)10(2)3/h6-8,10H,5,9H2,1-4H3,(H2,16,17,18,19). The van der Waals surface area contributed by atoms with Crippen molar-refractivity contribution >= 4 is 23.0 Å². The first-order valence-corrected chi connectivity index (χ1v) is 7.82. The molecule has 108 valence electrons. The zero-order valence-corrected chi connectivity index (χ0v) is 13.3. The Labute approximate surface area is 124 Å². The van der Waals surface area contributed by atoms with E-state index < -0.39 is 0 Å². The van der Waals surface area contributed by atoms with E-state index in [0.717, 1.165) is 30.4 Å². The second-order valence-corrected chi connectivity index (χ2v) is 6.23. The Balaban J connectivity index is 2.10. The van der Waals surface area contributed by atoms with Crippen molar-refractivity contribution in [1.29, 1.82) is 0 Å². The second kappa shape index (κ2) is 6.70. The van der Waals surface area contributed by atoms with Crippen molar-refractivity contribution in [2.45, 2.75) is 39.7 Å². The third-order valence-corrected chi connectivity index (χ3v) is 4.26. The molecular formula is C15H22N4S. The third-order valence-electron chi connectivity index (χ3n) is 3.03. The van der Waals surface area contributed by atoms with E-state index in [1.807, 2.05) is 24.5 Å². The molecule has 0 saturated carbocycles. The van der Waals surface area contributed by atoms with E-state index in [0.29, 0.717) is 5.92 Å². The molecule has 0 saturated heterocycles. The monoisotopic (exact) mass is 290 g/mol. The summed E-state index contributed by atoms with van der Waals surface area (Å²) in [5, 5.41) is 6.47. The van der Waals surface area contributed by atoms with E-state index in [9.17, 15) is 0 Å². The van der Waals surface area contributed by atoms with Gasteiger partial charge in [0.15, 0.2) is 0 Å². The first-order valence-electron chi connectivity index (χ1n) is 7.00. The molecule has 4 nitrogen and oxygen atoms in total. The highest BCUT2D eigenvalue weighted by Crippen LogP contribution is 2.20. The molecule has 2 aromatic heterocycles. The van der Waals surface area contributed by atoms with Gasteiger partial charge in [0.05, 0.1) is 6.54 Å². The number of nitrogens with one attached hydrogen (secondary N) is 2. The Kier molecular flexibility index (Phi) is 4.95. The minimum absolute atomic E-state index is 0.317. The van der Waals surface area contributed by atoms with Crippen molar-refractivity contribution in [2.75, 3.05) is 17.7 Å². The third kappa shape index (κ3) is 3.70. The number of nitrogens with zero attached hydrogens (tertiary/aromatic N) is 2. The highest BCUT2D eigenvalue weighted by atomic mass is 32.1. The molecule has 2 rings (SSSR count). The lowest BCUT2D eigenvalue weighted by molar-refractivity contribution is 0.776. The Morgan fingerprint density at radius 1 is 1.15 bits per heavy atom. The van der Waals surface area contributed by atoms with Crippen molar-refractivity contribution in [3.8, 4) is 0 Å². The normalized spacial score (nSPS) is 10.8. The first kappa shape index (κ1) is 14.8. The first-order chi connectivity index (χ1) is 9.62. The summed E-state index contributed by atoms with van der Waals surface area (Å²) < 4.78 is 0. The maximum Gasteiger partial charge on any atom is 0.135 e. The van der Waals surface area contributed by atoms with Crippen molar-refractivity contribution in [3.63, 3.8) is 0 Å². The second-order valence-electron chi connectivity index (χ2n) is 4.98. The Morgan fingerprint density at radius 2 is 1.85 bits per heavy atom. The van der Waals surface area contributed by atoms with Gasteiger partial charge >= 0.3 is 0 Å². The van der Waals surface area contributed by atoms with Crippen LogP contribution in [0.2, 0.25) is 0 Å². The molecule has 0 fully saturated rings. The van der Waals surface area contributed by atoms with Crippen molar-refractivity contribution in [1.82, 2.24) is 9.97 Å². The summed E-state index contributed by atoms with van der Waals surface area (Å²) in [6.45, 7) is 7.20. The molecule has 0 atom stereocenters. The van der Waals surface area contributed by atoms with Gasteiger partial charge in [0.25, 0.3) is 0 Å². The molecule has 0 spiro atoms. The largest absolute Gasteiger partial charge is 0.373 e. The van der Waals surface area contributed by atoms with Gasteiger partial charge in [0.1, 0.15) is 17.5 Å². The summed E-state index contributed by atoms with van der Waals surface area (Å²) in [7, 11) is 1.88. The van der Waals surface area contributed by atoms with Crippen LogP contribution in [0.1, 0.15) is 42.3 Å². The molecule has 2 N–H and O–H groups in total. The van der Waals surface area contributed by atoms with Gasteiger partial charge in [-0.1, -0.05) is 20.8 Å². The average Bonchev–Trinajstić information content (AvgIpc) is 2.92. The lowest BCUT2D eigenvalue weighted by Crippen LogP contribution is -2.07. The summed E-state index contributed by atoms with van der Waals surface area (Å²) in [5.41, 5.74) is 0. The maximum atomic E-state index is 4.57. The molecule has 5 heteroatoms. The van der Waals surface area contributed by atoms with Crippen LogP contribution in [0.3, 0.4) is 0 Å². The lowest BCUT2D eigenvalue weighted by atomic mass is 10.2. The highest BCUT2D eigenvalue weighted by molar-refractivity contribution is 7.12. The zero-order chi connectivity index (χ0) is 14.5. The zero-order valence-electron chi connectivity index (χ0n) is 12.5. The van der Waals surface area contributed by atoms with Crippen LogP contribution in [-0.4, -0.2) is 17.0 Å². The van der Waals surface area contributed by atoms with E-state index in [-0.39, 0.29) is 0 Å². The van der Waals surface area contributed by atoms with Gasteiger partial charge in [-0.2, -0.15) is 0 Å². The molecule has 0 radical (unpaired) electrons. The minimum Gasteiger partial charge on any atom is -0.373 e. The van der Waals surface area contributed by atoms with Crippen LogP contribution in [0.15, 0.2) is 18.2 Å². The molecule has 0 unspecified atom stereocenters. The molecule has 0 aliphatic carbocycles. The molecule has 0 amide bonds. The fourth-order valence-corrected chi connectivity index (χ4v) is 2.73. The van der Waals surface area contributed by atoms with Crippen LogP contribution in [0.4, 0.5) is 11.6 Å². The minimum atomic E-state index is 0.317.